The number of hydrazone groups is 1. The third-order valence-electron chi connectivity index (χ3n) is 5.11. The Morgan fingerprint density at radius 2 is 1.94 bits per heavy atom. The van der Waals surface area contributed by atoms with Crippen LogP contribution in [0.15, 0.2) is 64.2 Å². The summed E-state index contributed by atoms with van der Waals surface area (Å²) in [5, 5.41) is 15.7. The summed E-state index contributed by atoms with van der Waals surface area (Å²) in [5.74, 6) is 0.779. The number of aliphatic imine (C=N–C) groups is 1. The minimum Gasteiger partial charge on any atom is -0.490 e. The third-order valence-corrected chi connectivity index (χ3v) is 6.08. The molecule has 4 rings (SSSR count). The Hall–Kier alpha value is -3.39. The van der Waals surface area contributed by atoms with Gasteiger partial charge in [-0.25, -0.2) is 0 Å². The molecule has 1 N–H and O–H groups in total. The Morgan fingerprint density at radius 1 is 1.15 bits per heavy atom. The first-order chi connectivity index (χ1) is 16.0. The van der Waals surface area contributed by atoms with E-state index in [0.29, 0.717) is 23.3 Å². The number of carbonyl (C=O) groups is 1. The van der Waals surface area contributed by atoms with Gasteiger partial charge in [-0.1, -0.05) is 43.3 Å². The van der Waals surface area contributed by atoms with E-state index in [-0.39, 0.29) is 17.5 Å². The Kier molecular flexibility index (Phi) is 6.93. The van der Waals surface area contributed by atoms with E-state index < -0.39 is 5.91 Å². The van der Waals surface area contributed by atoms with Gasteiger partial charge in [0.2, 0.25) is 5.17 Å². The van der Waals surface area contributed by atoms with Crippen molar-refractivity contribution in [3.05, 3.63) is 65.2 Å². The molecule has 0 saturated carbocycles. The maximum atomic E-state index is 12.7. The number of carbonyl (C=O) groups excluding carboxylic acids is 1. The monoisotopic (exact) mass is 462 g/mol. The quantitative estimate of drug-likeness (QED) is 0.513. The van der Waals surface area contributed by atoms with Crippen molar-refractivity contribution in [2.45, 2.75) is 39.7 Å². The summed E-state index contributed by atoms with van der Waals surface area (Å²) in [6.45, 7) is 6.43. The van der Waals surface area contributed by atoms with E-state index >= 15 is 0 Å². The topological polar surface area (TPSA) is 87.3 Å². The van der Waals surface area contributed by atoms with Crippen molar-refractivity contribution < 1.29 is 14.3 Å². The second-order valence-electron chi connectivity index (χ2n) is 7.57. The molecular formula is C25H26N4O3S. The van der Waals surface area contributed by atoms with Crippen molar-refractivity contribution >= 4 is 39.8 Å². The fourth-order valence-electron chi connectivity index (χ4n) is 3.48. The number of hydrogen-bond acceptors (Lipinski definition) is 6. The van der Waals surface area contributed by atoms with Crippen LogP contribution in [-0.4, -0.2) is 33.6 Å². The van der Waals surface area contributed by atoms with E-state index in [2.05, 4.69) is 17.0 Å². The first-order valence-electron chi connectivity index (χ1n) is 11.0. The van der Waals surface area contributed by atoms with Gasteiger partial charge < -0.3 is 9.47 Å². The van der Waals surface area contributed by atoms with Crippen molar-refractivity contribution in [1.29, 1.82) is 5.41 Å². The molecule has 7 nitrogen and oxygen atoms in total. The number of benzene rings is 2. The third kappa shape index (κ3) is 5.01. The predicted octanol–water partition coefficient (Wildman–Crippen LogP) is 5.64. The molecule has 8 heteroatoms. The minimum atomic E-state index is -0.442. The van der Waals surface area contributed by atoms with Crippen LogP contribution in [0.25, 0.3) is 6.08 Å². The number of hydrogen-bond donors (Lipinski definition) is 1. The van der Waals surface area contributed by atoms with Crippen LogP contribution >= 0.6 is 11.8 Å². The summed E-state index contributed by atoms with van der Waals surface area (Å²) < 4.78 is 12.0. The summed E-state index contributed by atoms with van der Waals surface area (Å²) >= 11 is 1.35. The molecule has 0 spiro atoms. The smallest absolute Gasteiger partial charge is 0.283 e. The molecule has 1 amide bonds. The van der Waals surface area contributed by atoms with E-state index in [1.54, 1.807) is 6.08 Å². The van der Waals surface area contributed by atoms with Crippen LogP contribution in [0.5, 0.6) is 11.5 Å². The number of ether oxygens (including phenoxy) is 2. The summed E-state index contributed by atoms with van der Waals surface area (Å²) in [6, 6.07) is 15.4. The van der Waals surface area contributed by atoms with Gasteiger partial charge in [0.25, 0.3) is 5.91 Å². The van der Waals surface area contributed by atoms with Crippen LogP contribution in [0.3, 0.4) is 0 Å². The molecule has 0 saturated heterocycles. The molecule has 2 aliphatic rings. The van der Waals surface area contributed by atoms with E-state index in [4.69, 9.17) is 14.9 Å². The van der Waals surface area contributed by atoms with Gasteiger partial charge in [-0.2, -0.15) is 15.1 Å². The first-order valence-corrected chi connectivity index (χ1v) is 11.8. The Bertz CT molecular complexity index is 1160. The van der Waals surface area contributed by atoms with Gasteiger partial charge in [0.05, 0.1) is 12.2 Å². The Balaban J connectivity index is 1.60. The van der Waals surface area contributed by atoms with E-state index in [0.717, 1.165) is 29.0 Å². The summed E-state index contributed by atoms with van der Waals surface area (Å²) in [5.41, 5.74) is 1.97. The lowest BCUT2D eigenvalue weighted by atomic mass is 10.1. The molecule has 0 aromatic heterocycles. The maximum Gasteiger partial charge on any atom is 0.283 e. The highest BCUT2D eigenvalue weighted by Gasteiger charge is 2.35. The highest BCUT2D eigenvalue weighted by atomic mass is 32.2. The number of fused-ring (bicyclic) bond motifs is 1. The number of thioether (sulfide) groups is 1. The average molecular weight is 463 g/mol. The fourth-order valence-corrected chi connectivity index (χ4v) is 4.46. The van der Waals surface area contributed by atoms with Crippen LogP contribution < -0.4 is 9.47 Å². The predicted molar refractivity (Wildman–Crippen MR) is 133 cm³/mol. The lowest BCUT2D eigenvalue weighted by Gasteiger charge is -2.20. The van der Waals surface area contributed by atoms with Crippen LogP contribution in [0.1, 0.15) is 50.8 Å². The minimum absolute atomic E-state index is 0.0274. The van der Waals surface area contributed by atoms with Crippen molar-refractivity contribution in [3.8, 4) is 11.5 Å². The second-order valence-corrected chi connectivity index (χ2v) is 8.61. The number of nitrogens with zero attached hydrogens (tertiary/aromatic N) is 3. The van der Waals surface area contributed by atoms with Crippen LogP contribution in [0.2, 0.25) is 0 Å². The highest BCUT2D eigenvalue weighted by molar-refractivity contribution is 8.26. The lowest BCUT2D eigenvalue weighted by molar-refractivity contribution is -0.114. The van der Waals surface area contributed by atoms with Crippen molar-refractivity contribution in [2.75, 3.05) is 6.61 Å². The normalized spacial score (nSPS) is 17.5. The Morgan fingerprint density at radius 3 is 2.67 bits per heavy atom. The van der Waals surface area contributed by atoms with Crippen LogP contribution in [-0.2, 0) is 4.79 Å². The summed E-state index contributed by atoms with van der Waals surface area (Å²) in [4.78, 5) is 16.8. The fraction of sp³-hybridized carbons (Fsp3) is 0.280. The maximum absolute atomic E-state index is 12.7. The van der Waals surface area contributed by atoms with E-state index in [1.165, 1.54) is 16.8 Å². The molecule has 2 heterocycles. The molecule has 170 valence electrons. The van der Waals surface area contributed by atoms with Gasteiger partial charge in [0.1, 0.15) is 11.1 Å². The molecule has 2 aromatic carbocycles. The van der Waals surface area contributed by atoms with Crippen molar-refractivity contribution in [3.63, 3.8) is 0 Å². The number of nitrogens with one attached hydrogen (secondary N) is 1. The van der Waals surface area contributed by atoms with Gasteiger partial charge in [0.15, 0.2) is 17.3 Å². The lowest BCUT2D eigenvalue weighted by Crippen LogP contribution is -2.35. The zero-order chi connectivity index (χ0) is 23.4. The average Bonchev–Trinajstić information content (AvgIpc) is 3.21. The van der Waals surface area contributed by atoms with Crippen molar-refractivity contribution in [1.82, 2.24) is 5.01 Å². The molecule has 0 bridgehead atoms. The molecule has 0 unspecified atom stereocenters. The van der Waals surface area contributed by atoms with Crippen LogP contribution in [0, 0.1) is 5.41 Å². The highest BCUT2D eigenvalue weighted by Crippen LogP contribution is 2.34. The summed E-state index contributed by atoms with van der Waals surface area (Å²) in [6.07, 6.45) is 3.23. The zero-order valence-electron chi connectivity index (χ0n) is 18.9. The molecular weight excluding hydrogens is 436 g/mol. The molecule has 1 atom stereocenters. The standard InChI is InChI=1S/C25H26N4O3S/c1-4-9-22-28-29-23(26)19(24(30)27-25(29)33-22)14-17-12-13-20(21(15-17)31-5-2)32-16(3)18-10-7-6-8-11-18/h6-8,10-16,26H,4-5,9H2,1-3H3/b19-14-,26-23?/t16-/m0/s1. The molecule has 0 fully saturated rings. The molecule has 33 heavy (non-hydrogen) atoms. The second kappa shape index (κ2) is 10.0. The van der Waals surface area contributed by atoms with Gasteiger partial charge in [-0.3, -0.25) is 10.2 Å². The van der Waals surface area contributed by atoms with Gasteiger partial charge in [0, 0.05) is 0 Å². The first kappa shape index (κ1) is 22.8. The van der Waals surface area contributed by atoms with E-state index in [9.17, 15) is 4.79 Å². The van der Waals surface area contributed by atoms with Crippen LogP contribution in [0.4, 0.5) is 0 Å². The van der Waals surface area contributed by atoms with Gasteiger partial charge >= 0.3 is 0 Å². The summed E-state index contributed by atoms with van der Waals surface area (Å²) in [7, 11) is 0. The number of rotatable bonds is 8. The Labute approximate surface area is 197 Å². The van der Waals surface area contributed by atoms with Crippen molar-refractivity contribution in [2.24, 2.45) is 10.1 Å². The number of amides is 1. The SMILES string of the molecule is CCCC1=NN2C(=N)/C(=C/c3ccc(O[C@@H](C)c4ccccc4)c(OCC)c3)C(=O)N=C2S1. The molecule has 0 radical (unpaired) electrons. The number of amidine groups is 2. The van der Waals surface area contributed by atoms with Gasteiger partial charge in [-0.05, 0) is 67.8 Å². The molecule has 0 aliphatic carbocycles. The molecule has 2 aliphatic heterocycles. The van der Waals surface area contributed by atoms with Gasteiger partial charge in [-0.15, -0.1) is 0 Å². The molecule has 2 aromatic rings. The zero-order valence-corrected chi connectivity index (χ0v) is 19.7. The largest absolute Gasteiger partial charge is 0.490 e. The van der Waals surface area contributed by atoms with E-state index in [1.807, 2.05) is 62.4 Å².